The summed E-state index contributed by atoms with van der Waals surface area (Å²) >= 11 is 0. The van der Waals surface area contributed by atoms with Crippen LogP contribution in [0.15, 0.2) is 0 Å². The maximum Gasteiger partial charge on any atom is 0.389 e. The molecule has 2 nitrogen and oxygen atoms in total. The predicted octanol–water partition coefficient (Wildman–Crippen LogP) is 3.80. The molecule has 5 heteroatoms. The average molecular weight is 294 g/mol. The summed E-state index contributed by atoms with van der Waals surface area (Å²) in [6.45, 7) is 11.0. The molecule has 0 radical (unpaired) electrons. The van der Waals surface area contributed by atoms with E-state index in [1.165, 1.54) is 0 Å². The molecule has 0 aliphatic carbocycles. The van der Waals surface area contributed by atoms with E-state index in [1.807, 2.05) is 6.92 Å². The molecule has 1 heterocycles. The Labute approximate surface area is 120 Å². The van der Waals surface area contributed by atoms with Crippen molar-refractivity contribution in [3.05, 3.63) is 0 Å². The van der Waals surface area contributed by atoms with E-state index >= 15 is 0 Å². The zero-order valence-corrected chi connectivity index (χ0v) is 13.2. The highest BCUT2D eigenvalue weighted by molar-refractivity contribution is 4.94. The molecule has 0 amide bonds. The molecule has 0 bridgehead atoms. The van der Waals surface area contributed by atoms with Crippen molar-refractivity contribution in [3.8, 4) is 0 Å². The smallest absolute Gasteiger partial charge is 0.329 e. The Bertz CT molecular complexity index is 309. The molecule has 20 heavy (non-hydrogen) atoms. The lowest BCUT2D eigenvalue weighted by Gasteiger charge is -2.39. The highest BCUT2D eigenvalue weighted by Crippen LogP contribution is 2.37. The molecule has 1 aliphatic heterocycles. The normalized spacial score (nSPS) is 24.9. The molecule has 2 N–H and O–H groups in total. The van der Waals surface area contributed by atoms with E-state index < -0.39 is 12.6 Å². The number of likely N-dealkylation sites (tertiary alicyclic amines) is 1. The van der Waals surface area contributed by atoms with Crippen LogP contribution in [0.4, 0.5) is 13.2 Å². The number of nitrogens with two attached hydrogens (primary N) is 1. The second kappa shape index (κ2) is 6.22. The highest BCUT2D eigenvalue weighted by atomic mass is 19.4. The van der Waals surface area contributed by atoms with Crippen molar-refractivity contribution in [2.45, 2.75) is 65.1 Å². The summed E-state index contributed by atoms with van der Waals surface area (Å²) in [5.74, 6) is 0.594. The molecule has 1 fully saturated rings. The third kappa shape index (κ3) is 4.92. The third-order valence-electron chi connectivity index (χ3n) is 4.79. The lowest BCUT2D eigenvalue weighted by molar-refractivity contribution is -0.136. The molecule has 2 unspecified atom stereocenters. The SMILES string of the molecule is CC(C)(C)C1CCN(C(C)(CN)CCCC(F)(F)F)C1. The Kier molecular flexibility index (Phi) is 5.53. The quantitative estimate of drug-likeness (QED) is 0.835. The Morgan fingerprint density at radius 1 is 1.10 bits per heavy atom. The van der Waals surface area contributed by atoms with E-state index in [-0.39, 0.29) is 17.4 Å². The van der Waals surface area contributed by atoms with E-state index in [1.54, 1.807) is 0 Å². The van der Waals surface area contributed by atoms with Crippen LogP contribution in [0.25, 0.3) is 0 Å². The van der Waals surface area contributed by atoms with Gasteiger partial charge in [0.15, 0.2) is 0 Å². The molecular formula is C15H29F3N2. The second-order valence-electron chi connectivity index (χ2n) is 7.47. The van der Waals surface area contributed by atoms with Gasteiger partial charge in [0.25, 0.3) is 0 Å². The van der Waals surface area contributed by atoms with E-state index in [2.05, 4.69) is 25.7 Å². The van der Waals surface area contributed by atoms with Crippen molar-refractivity contribution in [2.75, 3.05) is 19.6 Å². The van der Waals surface area contributed by atoms with Gasteiger partial charge in [-0.2, -0.15) is 13.2 Å². The first kappa shape index (κ1) is 17.8. The van der Waals surface area contributed by atoms with Gasteiger partial charge < -0.3 is 5.73 Å². The van der Waals surface area contributed by atoms with Gasteiger partial charge in [-0.05, 0) is 44.1 Å². The van der Waals surface area contributed by atoms with Gasteiger partial charge in [0.1, 0.15) is 0 Å². The zero-order chi connectivity index (χ0) is 15.6. The van der Waals surface area contributed by atoms with Gasteiger partial charge in [0, 0.05) is 25.0 Å². The summed E-state index contributed by atoms with van der Waals surface area (Å²) in [5, 5.41) is 0. The average Bonchev–Trinajstić information content (AvgIpc) is 2.76. The Hall–Kier alpha value is -0.290. The topological polar surface area (TPSA) is 29.3 Å². The summed E-state index contributed by atoms with van der Waals surface area (Å²) in [5.41, 5.74) is 5.81. The lowest BCUT2D eigenvalue weighted by Crippen LogP contribution is -2.51. The first-order valence-electron chi connectivity index (χ1n) is 7.50. The van der Waals surface area contributed by atoms with Crippen molar-refractivity contribution in [3.63, 3.8) is 0 Å². The number of halogens is 3. The Morgan fingerprint density at radius 2 is 1.70 bits per heavy atom. The fraction of sp³-hybridized carbons (Fsp3) is 1.00. The second-order valence-corrected chi connectivity index (χ2v) is 7.47. The lowest BCUT2D eigenvalue weighted by atomic mass is 9.80. The molecule has 0 aromatic carbocycles. The number of hydrogen-bond acceptors (Lipinski definition) is 2. The van der Waals surface area contributed by atoms with Crippen molar-refractivity contribution < 1.29 is 13.2 Å². The minimum absolute atomic E-state index is 0.161. The number of rotatable bonds is 5. The van der Waals surface area contributed by atoms with E-state index in [0.717, 1.165) is 19.5 Å². The molecule has 0 aromatic rings. The van der Waals surface area contributed by atoms with Crippen LogP contribution in [-0.2, 0) is 0 Å². The monoisotopic (exact) mass is 294 g/mol. The molecular weight excluding hydrogens is 265 g/mol. The van der Waals surface area contributed by atoms with Crippen LogP contribution >= 0.6 is 0 Å². The predicted molar refractivity (Wildman–Crippen MR) is 76.5 cm³/mol. The fourth-order valence-electron chi connectivity index (χ4n) is 3.02. The van der Waals surface area contributed by atoms with Gasteiger partial charge in [0.05, 0.1) is 0 Å². The van der Waals surface area contributed by atoms with Gasteiger partial charge in [-0.1, -0.05) is 20.8 Å². The largest absolute Gasteiger partial charge is 0.389 e. The fourth-order valence-corrected chi connectivity index (χ4v) is 3.02. The Morgan fingerprint density at radius 3 is 2.10 bits per heavy atom. The minimum atomic E-state index is -4.06. The van der Waals surface area contributed by atoms with Gasteiger partial charge in [-0.25, -0.2) is 0 Å². The number of alkyl halides is 3. The molecule has 1 rings (SSSR count). The van der Waals surface area contributed by atoms with Crippen molar-refractivity contribution >= 4 is 0 Å². The van der Waals surface area contributed by atoms with Crippen LogP contribution in [-0.4, -0.2) is 36.2 Å². The number of nitrogens with zero attached hydrogens (tertiary/aromatic N) is 1. The number of hydrogen-bond donors (Lipinski definition) is 1. The van der Waals surface area contributed by atoms with Crippen molar-refractivity contribution in [1.82, 2.24) is 4.90 Å². The van der Waals surface area contributed by atoms with E-state index in [0.29, 0.717) is 18.9 Å². The maximum absolute atomic E-state index is 12.3. The molecule has 0 saturated carbocycles. The van der Waals surface area contributed by atoms with Crippen LogP contribution in [0.2, 0.25) is 0 Å². The van der Waals surface area contributed by atoms with Gasteiger partial charge in [-0.3, -0.25) is 4.90 Å². The summed E-state index contributed by atoms with van der Waals surface area (Å²) in [4.78, 5) is 2.30. The van der Waals surface area contributed by atoms with Crippen LogP contribution in [0.1, 0.15) is 53.4 Å². The van der Waals surface area contributed by atoms with Crippen molar-refractivity contribution in [2.24, 2.45) is 17.1 Å². The summed E-state index contributed by atoms with van der Waals surface area (Å²) in [6.07, 6.45) is -2.99. The Balaban J connectivity index is 2.57. The van der Waals surface area contributed by atoms with Gasteiger partial charge >= 0.3 is 6.18 Å². The minimum Gasteiger partial charge on any atom is -0.329 e. The van der Waals surface area contributed by atoms with Crippen LogP contribution < -0.4 is 5.73 Å². The highest BCUT2D eigenvalue weighted by Gasteiger charge is 2.40. The molecule has 2 atom stereocenters. The van der Waals surface area contributed by atoms with Crippen LogP contribution in [0.3, 0.4) is 0 Å². The maximum atomic E-state index is 12.3. The molecule has 0 aromatic heterocycles. The molecule has 120 valence electrons. The molecule has 0 spiro atoms. The zero-order valence-electron chi connectivity index (χ0n) is 13.2. The summed E-state index contributed by atoms with van der Waals surface area (Å²) in [6, 6.07) is 0. The first-order valence-corrected chi connectivity index (χ1v) is 7.50. The first-order chi connectivity index (χ1) is 8.98. The molecule has 1 saturated heterocycles. The van der Waals surface area contributed by atoms with E-state index in [4.69, 9.17) is 5.73 Å². The van der Waals surface area contributed by atoms with Crippen molar-refractivity contribution in [1.29, 1.82) is 0 Å². The third-order valence-corrected chi connectivity index (χ3v) is 4.79. The van der Waals surface area contributed by atoms with Gasteiger partial charge in [-0.15, -0.1) is 0 Å². The van der Waals surface area contributed by atoms with Gasteiger partial charge in [0.2, 0.25) is 0 Å². The van der Waals surface area contributed by atoms with E-state index in [9.17, 15) is 13.2 Å². The molecule has 1 aliphatic rings. The van der Waals surface area contributed by atoms with Crippen LogP contribution in [0, 0.1) is 11.3 Å². The summed E-state index contributed by atoms with van der Waals surface area (Å²) in [7, 11) is 0. The standard InChI is InChI=1S/C15H29F3N2/c1-13(2,3)12-6-9-20(10-12)14(4,11-19)7-5-8-15(16,17)18/h12H,5-11,19H2,1-4H3. The van der Waals surface area contributed by atoms with Crippen LogP contribution in [0.5, 0.6) is 0 Å². The summed E-state index contributed by atoms with van der Waals surface area (Å²) < 4.78 is 36.9.